The van der Waals surface area contributed by atoms with E-state index >= 15 is 0 Å². The van der Waals surface area contributed by atoms with Gasteiger partial charge < -0.3 is 20.4 Å². The molecular weight excluding hydrogens is 535 g/mol. The van der Waals surface area contributed by atoms with E-state index in [4.69, 9.17) is 0 Å². The zero-order valence-electron chi connectivity index (χ0n) is 21.5. The molecule has 2 heterocycles. The van der Waals surface area contributed by atoms with Crippen molar-refractivity contribution in [3.63, 3.8) is 0 Å². The molecule has 1 aromatic heterocycles. The van der Waals surface area contributed by atoms with Crippen LogP contribution in [0.15, 0.2) is 71.7 Å². The number of aromatic nitrogens is 1. The largest absolute Gasteiger partial charge is 0.393 e. The van der Waals surface area contributed by atoms with E-state index in [-0.39, 0.29) is 17.1 Å². The first-order valence-electron chi connectivity index (χ1n) is 12.8. The molecule has 39 heavy (non-hydrogen) atoms. The van der Waals surface area contributed by atoms with E-state index in [1.165, 1.54) is 35.2 Å². The van der Waals surface area contributed by atoms with Crippen LogP contribution in [0.2, 0.25) is 0 Å². The second kappa shape index (κ2) is 13.7. The minimum Gasteiger partial charge on any atom is -0.393 e. The van der Waals surface area contributed by atoms with Crippen LogP contribution in [0.5, 0.6) is 0 Å². The Balaban J connectivity index is 1.58. The van der Waals surface area contributed by atoms with Gasteiger partial charge in [-0.3, -0.25) is 4.79 Å². The normalized spacial score (nSPS) is 17.8. The predicted octanol–water partition coefficient (Wildman–Crippen LogP) is 5.05. The molecule has 1 amide bonds. The second-order valence-corrected chi connectivity index (χ2v) is 11.4. The average Bonchev–Trinajstić information content (AvgIpc) is 3.64. The van der Waals surface area contributed by atoms with Gasteiger partial charge in [-0.05, 0) is 61.8 Å². The number of aryl methyl sites for hydroxylation is 1. The van der Waals surface area contributed by atoms with E-state index in [2.05, 4.69) is 16.4 Å². The van der Waals surface area contributed by atoms with Crippen molar-refractivity contribution in [1.82, 2.24) is 15.2 Å². The predicted molar refractivity (Wildman–Crippen MR) is 151 cm³/mol. The molecule has 0 saturated carbocycles. The van der Waals surface area contributed by atoms with Gasteiger partial charge in [0, 0.05) is 23.3 Å². The van der Waals surface area contributed by atoms with Crippen LogP contribution < -0.4 is 5.32 Å². The summed E-state index contributed by atoms with van der Waals surface area (Å²) in [5.41, 5.74) is 2.23. The number of nitrogens with zero attached hydrogens (tertiary/aromatic N) is 3. The van der Waals surface area contributed by atoms with Crippen molar-refractivity contribution >= 4 is 29.0 Å². The number of aliphatic hydroxyl groups is 2. The molecule has 0 fully saturated rings. The van der Waals surface area contributed by atoms with E-state index in [1.54, 1.807) is 36.7 Å². The summed E-state index contributed by atoms with van der Waals surface area (Å²) in [6.07, 6.45) is 3.53. The highest BCUT2D eigenvalue weighted by Gasteiger charge is 2.36. The van der Waals surface area contributed by atoms with Crippen LogP contribution in [0, 0.1) is 17.1 Å². The van der Waals surface area contributed by atoms with Crippen LogP contribution in [-0.4, -0.2) is 44.2 Å². The highest BCUT2D eigenvalue weighted by atomic mass is 32.2. The summed E-state index contributed by atoms with van der Waals surface area (Å²) in [6, 6.07) is 14.4. The van der Waals surface area contributed by atoms with Gasteiger partial charge in [-0.15, -0.1) is 23.1 Å². The molecule has 0 saturated heterocycles. The van der Waals surface area contributed by atoms with Crippen LogP contribution in [0.1, 0.15) is 59.4 Å². The van der Waals surface area contributed by atoms with Crippen molar-refractivity contribution in [3.05, 3.63) is 99.2 Å². The van der Waals surface area contributed by atoms with Gasteiger partial charge in [0.1, 0.15) is 28.3 Å². The van der Waals surface area contributed by atoms with E-state index in [0.717, 1.165) is 11.1 Å². The number of hydrogen-bond acceptors (Lipinski definition) is 8. The standard InChI is InChI=1S/C29H31FN4O3S2/c1-19(35)6-13-25(34-15-17-39-29(34)23-5-3-2-4-21(23)18-31)27(37)33-24(26(36)28-32-14-16-38-28)12-9-20-7-10-22(30)11-8-20/h2-5,7-8,10-11,14-17,19,24-26,29,35-36H,6,9,12-13H2,1H3,(H,33,37)/t19?,24-,25-,26?,29?/m0/s1. The van der Waals surface area contributed by atoms with Crippen molar-refractivity contribution in [3.8, 4) is 6.07 Å². The van der Waals surface area contributed by atoms with Gasteiger partial charge in [-0.1, -0.05) is 30.3 Å². The number of halogens is 1. The van der Waals surface area contributed by atoms with Crippen LogP contribution in [0.3, 0.4) is 0 Å². The van der Waals surface area contributed by atoms with Crippen LogP contribution >= 0.6 is 23.1 Å². The van der Waals surface area contributed by atoms with Gasteiger partial charge in [0.25, 0.3) is 0 Å². The van der Waals surface area contributed by atoms with Gasteiger partial charge in [-0.2, -0.15) is 5.26 Å². The first-order valence-corrected chi connectivity index (χ1v) is 14.6. The molecule has 3 aromatic rings. The summed E-state index contributed by atoms with van der Waals surface area (Å²) in [4.78, 5) is 20.1. The first-order chi connectivity index (χ1) is 18.9. The first kappa shape index (κ1) is 28.8. The SMILES string of the molecule is CC(O)CC[C@@H](C(=O)N[C@@H](CCc1ccc(F)cc1)C(O)c1nccs1)N1C=CSC1c1ccccc1C#N. The highest BCUT2D eigenvalue weighted by molar-refractivity contribution is 8.02. The smallest absolute Gasteiger partial charge is 0.243 e. The fraction of sp³-hybridized carbons (Fsp3) is 0.345. The summed E-state index contributed by atoms with van der Waals surface area (Å²) >= 11 is 2.82. The number of carbonyl (C=O) groups excluding carboxylic acids is 1. The lowest BCUT2D eigenvalue weighted by molar-refractivity contribution is -0.127. The van der Waals surface area contributed by atoms with Gasteiger partial charge in [0.2, 0.25) is 5.91 Å². The fourth-order valence-corrected chi connectivity index (χ4v) is 6.33. The van der Waals surface area contributed by atoms with E-state index in [0.29, 0.717) is 36.3 Å². The molecule has 204 valence electrons. The number of nitriles is 1. The Hall–Kier alpha value is -3.23. The van der Waals surface area contributed by atoms with Gasteiger partial charge >= 0.3 is 0 Å². The fourth-order valence-electron chi connectivity index (χ4n) is 4.57. The van der Waals surface area contributed by atoms with Gasteiger partial charge in [0.15, 0.2) is 0 Å². The Morgan fingerprint density at radius 3 is 2.64 bits per heavy atom. The Kier molecular flexibility index (Phi) is 10.1. The second-order valence-electron chi connectivity index (χ2n) is 9.46. The highest BCUT2D eigenvalue weighted by Crippen LogP contribution is 2.42. The molecule has 4 rings (SSSR count). The molecule has 10 heteroatoms. The molecule has 1 aliphatic heterocycles. The number of benzene rings is 2. The van der Waals surface area contributed by atoms with Crippen LogP contribution in [0.25, 0.3) is 0 Å². The molecular formula is C29H31FN4O3S2. The van der Waals surface area contributed by atoms with Crippen LogP contribution in [-0.2, 0) is 11.2 Å². The zero-order valence-corrected chi connectivity index (χ0v) is 23.1. The Morgan fingerprint density at radius 2 is 1.95 bits per heavy atom. The summed E-state index contributed by atoms with van der Waals surface area (Å²) in [5.74, 6) is -0.613. The van der Waals surface area contributed by atoms with Crippen LogP contribution in [0.4, 0.5) is 4.39 Å². The summed E-state index contributed by atoms with van der Waals surface area (Å²) in [7, 11) is 0. The quantitative estimate of drug-likeness (QED) is 0.281. The molecule has 3 unspecified atom stereocenters. The van der Waals surface area contributed by atoms with E-state index in [9.17, 15) is 24.7 Å². The Bertz CT molecular complexity index is 1290. The third-order valence-corrected chi connectivity index (χ3v) is 8.53. The van der Waals surface area contributed by atoms with Crippen molar-refractivity contribution < 1.29 is 19.4 Å². The maximum absolute atomic E-state index is 13.9. The molecule has 1 aliphatic rings. The monoisotopic (exact) mass is 566 g/mol. The molecule has 7 nitrogen and oxygen atoms in total. The number of thioether (sulfide) groups is 1. The summed E-state index contributed by atoms with van der Waals surface area (Å²) in [6.45, 7) is 1.68. The molecule has 0 bridgehead atoms. The van der Waals surface area contributed by atoms with Crippen molar-refractivity contribution in [1.29, 1.82) is 5.26 Å². The number of rotatable bonds is 12. The maximum Gasteiger partial charge on any atom is 0.243 e. The number of thiazole rings is 1. The third-order valence-electron chi connectivity index (χ3n) is 6.65. The minimum atomic E-state index is -1.02. The number of nitrogens with one attached hydrogen (secondary N) is 1. The number of carbonyl (C=O) groups is 1. The zero-order chi connectivity index (χ0) is 27.8. The lowest BCUT2D eigenvalue weighted by Crippen LogP contribution is -2.50. The van der Waals surface area contributed by atoms with Crippen molar-refractivity contribution in [2.75, 3.05) is 0 Å². The van der Waals surface area contributed by atoms with E-state index in [1.807, 2.05) is 34.7 Å². The summed E-state index contributed by atoms with van der Waals surface area (Å²) < 4.78 is 13.4. The van der Waals surface area contributed by atoms with Crippen molar-refractivity contribution in [2.24, 2.45) is 0 Å². The molecule has 0 aliphatic carbocycles. The Labute approximate surface area is 236 Å². The number of aliphatic hydroxyl groups excluding tert-OH is 2. The summed E-state index contributed by atoms with van der Waals surface area (Å²) in [5, 5.41) is 37.8. The van der Waals surface area contributed by atoms with E-state index < -0.39 is 24.3 Å². The maximum atomic E-state index is 13.9. The average molecular weight is 567 g/mol. The molecule has 2 aromatic carbocycles. The number of amides is 1. The van der Waals surface area contributed by atoms with Crippen molar-refractivity contribution in [2.45, 2.75) is 62.3 Å². The topological polar surface area (TPSA) is 109 Å². The lowest BCUT2D eigenvalue weighted by Gasteiger charge is -2.35. The number of hydrogen-bond donors (Lipinski definition) is 3. The molecule has 0 spiro atoms. The molecule has 5 atom stereocenters. The molecule has 3 N–H and O–H groups in total. The third kappa shape index (κ3) is 7.46. The van der Waals surface area contributed by atoms with Gasteiger partial charge in [-0.25, -0.2) is 9.37 Å². The molecule has 0 radical (unpaired) electrons. The Morgan fingerprint density at radius 1 is 1.18 bits per heavy atom. The lowest BCUT2D eigenvalue weighted by atomic mass is 9.99. The minimum absolute atomic E-state index is 0.285. The van der Waals surface area contributed by atoms with Gasteiger partial charge in [0.05, 0.1) is 23.8 Å².